The molecule has 0 aromatic rings. The Hall–Kier alpha value is -0.130. The van der Waals surface area contributed by atoms with Crippen LogP contribution in [0.3, 0.4) is 0 Å². The van der Waals surface area contributed by atoms with E-state index in [0.29, 0.717) is 31.7 Å². The molecule has 0 radical (unpaired) electrons. The molecule has 3 fully saturated rings. The standard InChI is InChI=1S/C10H17NO3S/c12-15(13,8-5-6-14-7-8)11-9-3-1-2-4-10(9)11/h8-10H,1-7H2/t8-,9-,10-/m1/s1. The van der Waals surface area contributed by atoms with E-state index in [1.807, 2.05) is 0 Å². The van der Waals surface area contributed by atoms with Crippen LogP contribution < -0.4 is 0 Å². The monoisotopic (exact) mass is 231 g/mol. The molecule has 0 aromatic carbocycles. The Labute approximate surface area is 90.6 Å². The molecule has 1 saturated carbocycles. The SMILES string of the molecule is O=S(=O)([C@@H]1CCOC1)N1[C@@H]2CCCC[C@H]21. The maximum absolute atomic E-state index is 12.2. The van der Waals surface area contributed by atoms with Gasteiger partial charge >= 0.3 is 0 Å². The summed E-state index contributed by atoms with van der Waals surface area (Å²) in [6, 6.07) is 0.675. The molecule has 4 nitrogen and oxygen atoms in total. The van der Waals surface area contributed by atoms with Gasteiger partial charge in [-0.3, -0.25) is 0 Å². The van der Waals surface area contributed by atoms with Crippen LogP contribution in [0.2, 0.25) is 0 Å². The van der Waals surface area contributed by atoms with E-state index in [1.165, 1.54) is 12.8 Å². The second-order valence-electron chi connectivity index (χ2n) is 4.78. The molecule has 2 aliphatic heterocycles. The van der Waals surface area contributed by atoms with Crippen molar-refractivity contribution >= 4 is 10.0 Å². The van der Waals surface area contributed by atoms with Gasteiger partial charge in [0, 0.05) is 18.7 Å². The molecule has 0 aromatic heterocycles. The highest BCUT2D eigenvalue weighted by Gasteiger charge is 2.57. The zero-order chi connectivity index (χ0) is 10.5. The van der Waals surface area contributed by atoms with Gasteiger partial charge in [0.15, 0.2) is 0 Å². The van der Waals surface area contributed by atoms with Crippen LogP contribution in [0.25, 0.3) is 0 Å². The lowest BCUT2D eigenvalue weighted by Gasteiger charge is -2.11. The molecule has 2 heterocycles. The lowest BCUT2D eigenvalue weighted by Crippen LogP contribution is -2.29. The summed E-state index contributed by atoms with van der Waals surface area (Å²) in [6.07, 6.45) is 5.19. The first-order valence-corrected chi connectivity index (χ1v) is 7.31. The minimum absolute atomic E-state index is 0.261. The molecule has 0 unspecified atom stereocenters. The summed E-state index contributed by atoms with van der Waals surface area (Å²) in [5, 5.41) is -0.261. The Kier molecular flexibility index (Phi) is 2.30. The largest absolute Gasteiger partial charge is 0.380 e. The quantitative estimate of drug-likeness (QED) is 0.658. The molecular weight excluding hydrogens is 214 g/mol. The second kappa shape index (κ2) is 3.43. The van der Waals surface area contributed by atoms with Crippen molar-refractivity contribution in [3.8, 4) is 0 Å². The van der Waals surface area contributed by atoms with Crippen LogP contribution in [0, 0.1) is 0 Å². The number of nitrogens with zero attached hydrogens (tertiary/aromatic N) is 1. The van der Waals surface area contributed by atoms with Gasteiger partial charge < -0.3 is 4.74 Å². The molecule has 2 saturated heterocycles. The van der Waals surface area contributed by atoms with E-state index >= 15 is 0 Å². The number of hydrogen-bond acceptors (Lipinski definition) is 3. The van der Waals surface area contributed by atoms with Gasteiger partial charge in [0.05, 0.1) is 6.61 Å². The number of sulfonamides is 1. The molecule has 5 heteroatoms. The van der Waals surface area contributed by atoms with Crippen LogP contribution in [-0.2, 0) is 14.8 Å². The summed E-state index contributed by atoms with van der Waals surface area (Å²) < 4.78 is 31.3. The second-order valence-corrected chi connectivity index (χ2v) is 6.90. The van der Waals surface area contributed by atoms with Crippen LogP contribution in [0.15, 0.2) is 0 Å². The molecule has 15 heavy (non-hydrogen) atoms. The van der Waals surface area contributed by atoms with Crippen LogP contribution in [-0.4, -0.2) is 43.3 Å². The average molecular weight is 231 g/mol. The first-order valence-electron chi connectivity index (χ1n) is 5.81. The maximum Gasteiger partial charge on any atom is 0.219 e. The number of rotatable bonds is 2. The van der Waals surface area contributed by atoms with Crippen molar-refractivity contribution in [3.63, 3.8) is 0 Å². The Morgan fingerprint density at radius 2 is 1.73 bits per heavy atom. The highest BCUT2D eigenvalue weighted by atomic mass is 32.2. The van der Waals surface area contributed by atoms with E-state index in [2.05, 4.69) is 0 Å². The Morgan fingerprint density at radius 3 is 2.27 bits per heavy atom. The van der Waals surface area contributed by atoms with E-state index in [-0.39, 0.29) is 5.25 Å². The van der Waals surface area contributed by atoms with Gasteiger partial charge in [0.25, 0.3) is 0 Å². The molecule has 3 aliphatic rings. The van der Waals surface area contributed by atoms with Crippen molar-refractivity contribution in [2.24, 2.45) is 0 Å². The van der Waals surface area contributed by atoms with Gasteiger partial charge in [-0.1, -0.05) is 12.8 Å². The summed E-state index contributed by atoms with van der Waals surface area (Å²) in [5.74, 6) is 0. The van der Waals surface area contributed by atoms with Gasteiger partial charge in [-0.05, 0) is 19.3 Å². The van der Waals surface area contributed by atoms with E-state index in [0.717, 1.165) is 12.8 Å². The average Bonchev–Trinajstić information content (AvgIpc) is 2.71. The van der Waals surface area contributed by atoms with Gasteiger partial charge in [0.1, 0.15) is 5.25 Å². The third-order valence-electron chi connectivity index (χ3n) is 3.86. The summed E-state index contributed by atoms with van der Waals surface area (Å²) in [5.41, 5.74) is 0. The smallest absolute Gasteiger partial charge is 0.219 e. The van der Waals surface area contributed by atoms with Crippen molar-refractivity contribution in [3.05, 3.63) is 0 Å². The van der Waals surface area contributed by atoms with Crippen molar-refractivity contribution in [2.45, 2.75) is 49.4 Å². The van der Waals surface area contributed by atoms with Gasteiger partial charge in [-0.15, -0.1) is 0 Å². The fourth-order valence-corrected chi connectivity index (χ4v) is 5.15. The minimum Gasteiger partial charge on any atom is -0.380 e. The zero-order valence-electron chi connectivity index (χ0n) is 8.76. The molecule has 0 N–H and O–H groups in total. The van der Waals surface area contributed by atoms with Gasteiger partial charge in [0.2, 0.25) is 10.0 Å². The molecule has 1 aliphatic carbocycles. The van der Waals surface area contributed by atoms with Gasteiger partial charge in [-0.25, -0.2) is 8.42 Å². The van der Waals surface area contributed by atoms with E-state index in [4.69, 9.17) is 4.74 Å². The number of hydrogen-bond donors (Lipinski definition) is 0. The van der Waals surface area contributed by atoms with E-state index in [9.17, 15) is 8.42 Å². The zero-order valence-corrected chi connectivity index (χ0v) is 9.58. The van der Waals surface area contributed by atoms with Crippen molar-refractivity contribution in [1.82, 2.24) is 4.31 Å². The topological polar surface area (TPSA) is 46.4 Å². The Bertz CT molecular complexity index is 336. The molecule has 0 bridgehead atoms. The molecule has 0 spiro atoms. The predicted octanol–water partition coefficient (Wildman–Crippen LogP) is 0.732. The van der Waals surface area contributed by atoms with E-state index in [1.54, 1.807) is 4.31 Å². The van der Waals surface area contributed by atoms with Crippen molar-refractivity contribution in [2.75, 3.05) is 13.2 Å². The first kappa shape index (κ1) is 10.1. The summed E-state index contributed by atoms with van der Waals surface area (Å²) >= 11 is 0. The van der Waals surface area contributed by atoms with Gasteiger partial charge in [-0.2, -0.15) is 4.31 Å². The number of ether oxygens (including phenoxy) is 1. The summed E-state index contributed by atoms with van der Waals surface area (Å²) in [7, 11) is -3.04. The van der Waals surface area contributed by atoms with Crippen LogP contribution >= 0.6 is 0 Å². The summed E-state index contributed by atoms with van der Waals surface area (Å²) in [6.45, 7) is 1.01. The highest BCUT2D eigenvalue weighted by Crippen LogP contribution is 2.44. The normalized spacial score (nSPS) is 45.1. The summed E-state index contributed by atoms with van der Waals surface area (Å²) in [4.78, 5) is 0. The van der Waals surface area contributed by atoms with Crippen LogP contribution in [0.5, 0.6) is 0 Å². The molecule has 86 valence electrons. The predicted molar refractivity (Wildman–Crippen MR) is 56.0 cm³/mol. The third-order valence-corrected chi connectivity index (χ3v) is 6.20. The lowest BCUT2D eigenvalue weighted by atomic mass is 10.0. The fraction of sp³-hybridized carbons (Fsp3) is 1.00. The minimum atomic E-state index is -3.04. The highest BCUT2D eigenvalue weighted by molar-refractivity contribution is 7.90. The molecule has 3 rings (SSSR count). The van der Waals surface area contributed by atoms with E-state index < -0.39 is 10.0 Å². The molecule has 0 amide bonds. The Morgan fingerprint density at radius 1 is 1.07 bits per heavy atom. The molecular formula is C10H17NO3S. The maximum atomic E-state index is 12.2. The fourth-order valence-electron chi connectivity index (χ4n) is 2.95. The third kappa shape index (κ3) is 1.52. The van der Waals surface area contributed by atoms with Crippen molar-refractivity contribution in [1.29, 1.82) is 0 Å². The molecule has 3 atom stereocenters. The van der Waals surface area contributed by atoms with Crippen molar-refractivity contribution < 1.29 is 13.2 Å². The lowest BCUT2D eigenvalue weighted by molar-refractivity contribution is 0.198. The van der Waals surface area contributed by atoms with Crippen LogP contribution in [0.4, 0.5) is 0 Å². The van der Waals surface area contributed by atoms with Crippen LogP contribution in [0.1, 0.15) is 32.1 Å². The first-order chi connectivity index (χ1) is 7.21. The number of fused-ring (bicyclic) bond motifs is 1. The Balaban J connectivity index is 1.76.